The minimum atomic E-state index is 0.259. The first-order chi connectivity index (χ1) is 9.22. The molecule has 0 aliphatic rings. The predicted molar refractivity (Wildman–Crippen MR) is 68.9 cm³/mol. The van der Waals surface area contributed by atoms with Crippen molar-refractivity contribution >= 4 is 0 Å². The van der Waals surface area contributed by atoms with E-state index in [2.05, 4.69) is 20.7 Å². The quantitative estimate of drug-likeness (QED) is 0.819. The summed E-state index contributed by atoms with van der Waals surface area (Å²) in [5.74, 6) is 1.88. The molecule has 2 aromatic rings. The molecule has 2 rings (SSSR count). The van der Waals surface area contributed by atoms with Crippen LogP contribution < -0.4 is 14.8 Å². The summed E-state index contributed by atoms with van der Waals surface area (Å²) < 4.78 is 10.9. The lowest BCUT2D eigenvalue weighted by Gasteiger charge is -2.11. The van der Waals surface area contributed by atoms with E-state index in [1.165, 1.54) is 4.80 Å². The van der Waals surface area contributed by atoms with Crippen LogP contribution in [0.25, 0.3) is 0 Å². The highest BCUT2D eigenvalue weighted by Crippen LogP contribution is 2.28. The highest BCUT2D eigenvalue weighted by atomic mass is 16.5. The van der Waals surface area contributed by atoms with Crippen LogP contribution in [-0.4, -0.2) is 34.4 Å². The second-order valence-electron chi connectivity index (χ2n) is 4.00. The molecule has 102 valence electrons. The average Bonchev–Trinajstić information content (AvgIpc) is 2.83. The SMILES string of the molecule is CNCc1ccc(OCc2nnn(C)n2)c(OC)c1. The standard InChI is InChI=1S/C12H17N5O2/c1-13-7-9-4-5-10(11(6-9)18-3)19-8-12-14-16-17(2)15-12/h4-6,13H,7-8H2,1-3H3. The molecule has 0 spiro atoms. The number of tetrazole rings is 1. The van der Waals surface area contributed by atoms with E-state index in [4.69, 9.17) is 9.47 Å². The maximum Gasteiger partial charge on any atom is 0.212 e. The van der Waals surface area contributed by atoms with Gasteiger partial charge in [0.1, 0.15) is 0 Å². The normalized spacial score (nSPS) is 10.5. The number of nitrogens with zero attached hydrogens (tertiary/aromatic N) is 4. The van der Waals surface area contributed by atoms with Gasteiger partial charge < -0.3 is 14.8 Å². The summed E-state index contributed by atoms with van der Waals surface area (Å²) in [5, 5.41) is 14.7. The van der Waals surface area contributed by atoms with Crippen LogP contribution in [0.3, 0.4) is 0 Å². The van der Waals surface area contributed by atoms with E-state index in [-0.39, 0.29) is 6.61 Å². The number of hydrogen-bond donors (Lipinski definition) is 1. The van der Waals surface area contributed by atoms with E-state index >= 15 is 0 Å². The third kappa shape index (κ3) is 3.41. The van der Waals surface area contributed by atoms with Crippen LogP contribution in [0.5, 0.6) is 11.5 Å². The highest BCUT2D eigenvalue weighted by Gasteiger charge is 2.08. The summed E-state index contributed by atoms with van der Waals surface area (Å²) in [4.78, 5) is 1.39. The van der Waals surface area contributed by atoms with Gasteiger partial charge in [-0.25, -0.2) is 0 Å². The highest BCUT2D eigenvalue weighted by molar-refractivity contribution is 5.42. The molecule has 7 heteroatoms. The van der Waals surface area contributed by atoms with Gasteiger partial charge in [-0.3, -0.25) is 0 Å². The number of ether oxygens (including phenoxy) is 2. The van der Waals surface area contributed by atoms with Crippen molar-refractivity contribution in [2.45, 2.75) is 13.2 Å². The molecule has 0 amide bonds. The summed E-state index contributed by atoms with van der Waals surface area (Å²) in [6, 6.07) is 5.80. The number of rotatable bonds is 6. The van der Waals surface area contributed by atoms with Crippen LogP contribution in [0.1, 0.15) is 11.4 Å². The lowest BCUT2D eigenvalue weighted by atomic mass is 10.2. The minimum Gasteiger partial charge on any atom is -0.493 e. The molecule has 0 bridgehead atoms. The zero-order chi connectivity index (χ0) is 13.7. The Morgan fingerprint density at radius 2 is 2.16 bits per heavy atom. The van der Waals surface area contributed by atoms with Crippen LogP contribution in [0.4, 0.5) is 0 Å². The van der Waals surface area contributed by atoms with Crippen molar-refractivity contribution in [3.63, 3.8) is 0 Å². The third-order valence-electron chi connectivity index (χ3n) is 2.52. The number of methoxy groups -OCH3 is 1. The fraction of sp³-hybridized carbons (Fsp3) is 0.417. The first kappa shape index (κ1) is 13.3. The number of aromatic nitrogens is 4. The first-order valence-electron chi connectivity index (χ1n) is 5.90. The smallest absolute Gasteiger partial charge is 0.212 e. The lowest BCUT2D eigenvalue weighted by molar-refractivity contribution is 0.276. The molecular weight excluding hydrogens is 246 g/mol. The van der Waals surface area contributed by atoms with Crippen molar-refractivity contribution in [3.05, 3.63) is 29.6 Å². The molecule has 0 aliphatic heterocycles. The molecule has 1 heterocycles. The van der Waals surface area contributed by atoms with Gasteiger partial charge in [0.2, 0.25) is 5.82 Å². The van der Waals surface area contributed by atoms with Gasteiger partial charge in [0.25, 0.3) is 0 Å². The molecule has 0 aliphatic carbocycles. The molecule has 0 radical (unpaired) electrons. The van der Waals surface area contributed by atoms with Crippen molar-refractivity contribution in [2.24, 2.45) is 7.05 Å². The van der Waals surface area contributed by atoms with Crippen LogP contribution in [0.2, 0.25) is 0 Å². The number of benzene rings is 1. The molecule has 19 heavy (non-hydrogen) atoms. The van der Waals surface area contributed by atoms with Crippen molar-refractivity contribution in [2.75, 3.05) is 14.2 Å². The van der Waals surface area contributed by atoms with Gasteiger partial charge in [-0.15, -0.1) is 10.2 Å². The Bertz CT molecular complexity index is 541. The Kier molecular flexibility index (Phi) is 4.30. The minimum absolute atomic E-state index is 0.259. The topological polar surface area (TPSA) is 74.1 Å². The summed E-state index contributed by atoms with van der Waals surface area (Å²) in [6.45, 7) is 1.04. The van der Waals surface area contributed by atoms with Gasteiger partial charge in [-0.1, -0.05) is 6.07 Å². The summed E-state index contributed by atoms with van der Waals surface area (Å²) in [5.41, 5.74) is 1.13. The van der Waals surface area contributed by atoms with Crippen LogP contribution in [-0.2, 0) is 20.2 Å². The molecular formula is C12H17N5O2. The maximum atomic E-state index is 5.64. The van der Waals surface area contributed by atoms with Crippen molar-refractivity contribution in [3.8, 4) is 11.5 Å². The summed E-state index contributed by atoms with van der Waals surface area (Å²) >= 11 is 0. The van der Waals surface area contributed by atoms with Crippen molar-refractivity contribution in [1.82, 2.24) is 25.5 Å². The first-order valence-corrected chi connectivity index (χ1v) is 5.90. The fourth-order valence-electron chi connectivity index (χ4n) is 1.67. The zero-order valence-corrected chi connectivity index (χ0v) is 11.3. The molecule has 7 nitrogen and oxygen atoms in total. The van der Waals surface area contributed by atoms with E-state index in [1.807, 2.05) is 25.2 Å². The molecule has 0 unspecified atom stereocenters. The van der Waals surface area contributed by atoms with Gasteiger partial charge in [-0.05, 0) is 30.0 Å². The van der Waals surface area contributed by atoms with Gasteiger partial charge >= 0.3 is 0 Å². The fourth-order valence-corrected chi connectivity index (χ4v) is 1.67. The van der Waals surface area contributed by atoms with E-state index in [0.29, 0.717) is 17.3 Å². The molecule has 1 aromatic heterocycles. The van der Waals surface area contributed by atoms with Gasteiger partial charge in [-0.2, -0.15) is 4.80 Å². The second-order valence-corrected chi connectivity index (χ2v) is 4.00. The number of hydrogen-bond acceptors (Lipinski definition) is 6. The van der Waals surface area contributed by atoms with Gasteiger partial charge in [0.05, 0.1) is 14.2 Å². The summed E-state index contributed by atoms with van der Waals surface area (Å²) in [7, 11) is 5.23. The monoisotopic (exact) mass is 263 g/mol. The Morgan fingerprint density at radius 1 is 1.32 bits per heavy atom. The van der Waals surface area contributed by atoms with Crippen molar-refractivity contribution in [1.29, 1.82) is 0 Å². The van der Waals surface area contributed by atoms with Crippen LogP contribution in [0.15, 0.2) is 18.2 Å². The van der Waals surface area contributed by atoms with Gasteiger partial charge in [0.15, 0.2) is 18.1 Å². The maximum absolute atomic E-state index is 5.64. The summed E-state index contributed by atoms with van der Waals surface area (Å²) in [6.07, 6.45) is 0. The largest absolute Gasteiger partial charge is 0.493 e. The van der Waals surface area contributed by atoms with E-state index < -0.39 is 0 Å². The Balaban J connectivity index is 2.06. The van der Waals surface area contributed by atoms with Crippen LogP contribution >= 0.6 is 0 Å². The molecule has 0 saturated heterocycles. The number of nitrogens with one attached hydrogen (secondary N) is 1. The molecule has 0 fully saturated rings. The second kappa shape index (κ2) is 6.14. The van der Waals surface area contributed by atoms with Crippen LogP contribution in [0, 0.1) is 0 Å². The number of aryl methyl sites for hydroxylation is 1. The Hall–Kier alpha value is -2.15. The van der Waals surface area contributed by atoms with E-state index in [9.17, 15) is 0 Å². The molecule has 0 atom stereocenters. The van der Waals surface area contributed by atoms with E-state index in [1.54, 1.807) is 14.2 Å². The van der Waals surface area contributed by atoms with E-state index in [0.717, 1.165) is 12.1 Å². The third-order valence-corrected chi connectivity index (χ3v) is 2.52. The Morgan fingerprint density at radius 3 is 2.79 bits per heavy atom. The lowest BCUT2D eigenvalue weighted by Crippen LogP contribution is -2.06. The van der Waals surface area contributed by atoms with Gasteiger partial charge in [0, 0.05) is 6.54 Å². The zero-order valence-electron chi connectivity index (χ0n) is 11.3. The average molecular weight is 263 g/mol. The van der Waals surface area contributed by atoms with Crippen molar-refractivity contribution < 1.29 is 9.47 Å². The molecule has 1 N–H and O–H groups in total. The molecule has 1 aromatic carbocycles. The molecule has 0 saturated carbocycles. The Labute approximate surface area is 111 Å². The predicted octanol–water partition coefficient (Wildman–Crippen LogP) is 0.517.